The van der Waals surface area contributed by atoms with E-state index in [0.29, 0.717) is 28.6 Å². The minimum atomic E-state index is -0.117. The highest BCUT2D eigenvalue weighted by Gasteiger charge is 2.09. The Morgan fingerprint density at radius 2 is 1.88 bits per heavy atom. The van der Waals surface area contributed by atoms with Gasteiger partial charge in [-0.15, -0.1) is 11.8 Å². The Kier molecular flexibility index (Phi) is 5.96. The molecule has 2 heterocycles. The number of carbonyl (C=O) groups is 1. The van der Waals surface area contributed by atoms with Gasteiger partial charge in [0.15, 0.2) is 0 Å². The molecule has 1 amide bonds. The van der Waals surface area contributed by atoms with Gasteiger partial charge in [0.2, 0.25) is 5.91 Å². The highest BCUT2D eigenvalue weighted by molar-refractivity contribution is 7.99. The highest BCUT2D eigenvalue weighted by Crippen LogP contribution is 2.25. The van der Waals surface area contributed by atoms with Gasteiger partial charge in [-0.3, -0.25) is 4.79 Å². The average Bonchev–Trinajstić information content (AvgIpc) is 2.69. The van der Waals surface area contributed by atoms with Crippen LogP contribution in [0.5, 0.6) is 0 Å². The van der Waals surface area contributed by atoms with Crippen LogP contribution < -0.4 is 5.32 Å². The zero-order valence-electron chi connectivity index (χ0n) is 13.9. The molecule has 0 atom stereocenters. The van der Waals surface area contributed by atoms with Crippen LogP contribution in [0.25, 0.3) is 11.3 Å². The Balaban J connectivity index is 1.63. The molecule has 0 saturated heterocycles. The lowest BCUT2D eigenvalue weighted by Crippen LogP contribution is -2.13. The van der Waals surface area contributed by atoms with Crippen molar-refractivity contribution in [3.63, 3.8) is 0 Å². The van der Waals surface area contributed by atoms with Gasteiger partial charge in [0.05, 0.1) is 11.3 Å². The number of nitriles is 1. The molecular weight excluding hydrogens is 344 g/mol. The van der Waals surface area contributed by atoms with Crippen LogP contribution in [-0.4, -0.2) is 21.6 Å². The van der Waals surface area contributed by atoms with Crippen LogP contribution in [0, 0.1) is 11.3 Å². The monoisotopic (exact) mass is 360 g/mol. The van der Waals surface area contributed by atoms with E-state index in [1.165, 1.54) is 11.8 Å². The summed E-state index contributed by atoms with van der Waals surface area (Å²) in [6, 6.07) is 20.9. The number of aromatic nitrogens is 2. The van der Waals surface area contributed by atoms with Crippen molar-refractivity contribution in [2.45, 2.75) is 11.4 Å². The van der Waals surface area contributed by atoms with Crippen LogP contribution in [0.3, 0.4) is 0 Å². The summed E-state index contributed by atoms with van der Waals surface area (Å²) in [7, 11) is 0. The van der Waals surface area contributed by atoms with Crippen molar-refractivity contribution < 1.29 is 4.79 Å². The van der Waals surface area contributed by atoms with Gasteiger partial charge in [0.25, 0.3) is 0 Å². The molecule has 5 nitrogen and oxygen atoms in total. The molecule has 6 heteroatoms. The van der Waals surface area contributed by atoms with Crippen molar-refractivity contribution in [3.8, 4) is 17.3 Å². The Bertz CT molecular complexity index is 924. The van der Waals surface area contributed by atoms with Crippen molar-refractivity contribution in [2.24, 2.45) is 0 Å². The van der Waals surface area contributed by atoms with Crippen molar-refractivity contribution >= 4 is 23.5 Å². The zero-order chi connectivity index (χ0) is 18.2. The first-order valence-corrected chi connectivity index (χ1v) is 9.05. The number of hydrogen-bond acceptors (Lipinski definition) is 5. The molecule has 1 N–H and O–H groups in total. The fourth-order valence-corrected chi connectivity index (χ4v) is 3.20. The van der Waals surface area contributed by atoms with Gasteiger partial charge < -0.3 is 5.32 Å². The van der Waals surface area contributed by atoms with Gasteiger partial charge in [-0.05, 0) is 24.3 Å². The molecule has 3 aromatic rings. The minimum Gasteiger partial charge on any atom is -0.311 e. The maximum Gasteiger partial charge on any atom is 0.226 e. The van der Waals surface area contributed by atoms with Crippen LogP contribution in [0.15, 0.2) is 71.9 Å². The predicted molar refractivity (Wildman–Crippen MR) is 103 cm³/mol. The summed E-state index contributed by atoms with van der Waals surface area (Å²) < 4.78 is 0. The van der Waals surface area contributed by atoms with E-state index in [2.05, 4.69) is 21.4 Å². The number of amides is 1. The summed E-state index contributed by atoms with van der Waals surface area (Å²) >= 11 is 1.40. The lowest BCUT2D eigenvalue weighted by atomic mass is 10.1. The second-order valence-electron chi connectivity index (χ2n) is 5.39. The minimum absolute atomic E-state index is 0.117. The highest BCUT2D eigenvalue weighted by atomic mass is 32.2. The van der Waals surface area contributed by atoms with E-state index in [4.69, 9.17) is 0 Å². The zero-order valence-corrected chi connectivity index (χ0v) is 14.7. The predicted octanol–water partition coefficient (Wildman–Crippen LogP) is 4.14. The van der Waals surface area contributed by atoms with E-state index in [1.54, 1.807) is 24.4 Å². The van der Waals surface area contributed by atoms with Crippen molar-refractivity contribution in [1.82, 2.24) is 9.97 Å². The molecule has 26 heavy (non-hydrogen) atoms. The number of hydrogen-bond donors (Lipinski definition) is 1. The number of thioether (sulfide) groups is 1. The molecule has 0 spiro atoms. The number of anilines is 1. The molecule has 0 unspecified atom stereocenters. The Morgan fingerprint density at radius 3 is 2.62 bits per heavy atom. The van der Waals surface area contributed by atoms with Gasteiger partial charge in [-0.2, -0.15) is 5.26 Å². The summed E-state index contributed by atoms with van der Waals surface area (Å²) in [5.41, 5.74) is 2.32. The van der Waals surface area contributed by atoms with Crippen LogP contribution in [0.4, 0.5) is 5.82 Å². The van der Waals surface area contributed by atoms with Crippen LogP contribution in [0.1, 0.15) is 12.0 Å². The average molecular weight is 360 g/mol. The number of benzene rings is 1. The lowest BCUT2D eigenvalue weighted by Gasteiger charge is -2.07. The SMILES string of the molecule is N#Cc1ccc(-c2ccccc2)nc1SCCC(=O)Nc1ccccn1. The molecule has 128 valence electrons. The third kappa shape index (κ3) is 4.68. The first-order chi connectivity index (χ1) is 12.8. The van der Waals surface area contributed by atoms with E-state index < -0.39 is 0 Å². The Hall–Kier alpha value is -3.17. The van der Waals surface area contributed by atoms with Crippen molar-refractivity contribution in [2.75, 3.05) is 11.1 Å². The van der Waals surface area contributed by atoms with Crippen LogP contribution in [0.2, 0.25) is 0 Å². The number of pyridine rings is 2. The molecule has 0 aliphatic carbocycles. The fraction of sp³-hybridized carbons (Fsp3) is 0.100. The standard InChI is InChI=1S/C20H16N4OS/c21-14-16-9-10-17(15-6-2-1-3-7-15)23-20(16)26-13-11-19(25)24-18-8-4-5-12-22-18/h1-10,12H,11,13H2,(H,22,24,25). The number of nitrogens with zero attached hydrogens (tertiary/aromatic N) is 3. The Labute approximate surface area is 156 Å². The molecule has 0 aliphatic rings. The van der Waals surface area contributed by atoms with E-state index in [0.717, 1.165) is 11.3 Å². The largest absolute Gasteiger partial charge is 0.311 e. The van der Waals surface area contributed by atoms with Crippen LogP contribution in [-0.2, 0) is 4.79 Å². The molecule has 0 bridgehead atoms. The molecule has 0 aliphatic heterocycles. The molecule has 2 aromatic heterocycles. The van der Waals surface area contributed by atoms with Crippen molar-refractivity contribution in [3.05, 3.63) is 72.4 Å². The molecule has 1 aromatic carbocycles. The first-order valence-electron chi connectivity index (χ1n) is 8.06. The topological polar surface area (TPSA) is 78.7 Å². The van der Waals surface area contributed by atoms with E-state index >= 15 is 0 Å². The second kappa shape index (κ2) is 8.79. The summed E-state index contributed by atoms with van der Waals surface area (Å²) in [4.78, 5) is 20.7. The van der Waals surface area contributed by atoms with Gasteiger partial charge in [-0.25, -0.2) is 9.97 Å². The third-order valence-electron chi connectivity index (χ3n) is 3.55. The maximum atomic E-state index is 12.0. The lowest BCUT2D eigenvalue weighted by molar-refractivity contribution is -0.115. The summed E-state index contributed by atoms with van der Waals surface area (Å²) in [5.74, 6) is 0.942. The maximum absolute atomic E-state index is 12.0. The normalized spacial score (nSPS) is 10.1. The fourth-order valence-electron chi connectivity index (χ4n) is 2.29. The summed E-state index contributed by atoms with van der Waals surface area (Å²) in [5, 5.41) is 12.7. The van der Waals surface area contributed by atoms with Crippen LogP contribution >= 0.6 is 11.8 Å². The molecular formula is C20H16N4OS. The van der Waals surface area contributed by atoms with E-state index in [1.807, 2.05) is 42.5 Å². The molecule has 0 saturated carbocycles. The summed E-state index contributed by atoms with van der Waals surface area (Å²) in [6.07, 6.45) is 1.94. The number of nitrogens with one attached hydrogen (secondary N) is 1. The Morgan fingerprint density at radius 1 is 1.08 bits per heavy atom. The molecule has 0 radical (unpaired) electrons. The van der Waals surface area contributed by atoms with Gasteiger partial charge in [0.1, 0.15) is 16.9 Å². The van der Waals surface area contributed by atoms with E-state index in [-0.39, 0.29) is 5.91 Å². The van der Waals surface area contributed by atoms with Gasteiger partial charge >= 0.3 is 0 Å². The molecule has 0 fully saturated rings. The number of rotatable bonds is 6. The second-order valence-corrected chi connectivity index (χ2v) is 6.47. The quantitative estimate of drug-likeness (QED) is 0.669. The first kappa shape index (κ1) is 17.6. The number of carbonyl (C=O) groups excluding carboxylic acids is 1. The van der Waals surface area contributed by atoms with Gasteiger partial charge in [-0.1, -0.05) is 36.4 Å². The van der Waals surface area contributed by atoms with E-state index in [9.17, 15) is 10.1 Å². The van der Waals surface area contributed by atoms with Crippen molar-refractivity contribution in [1.29, 1.82) is 5.26 Å². The summed E-state index contributed by atoms with van der Waals surface area (Å²) in [6.45, 7) is 0. The smallest absolute Gasteiger partial charge is 0.226 e. The molecule has 3 rings (SSSR count). The van der Waals surface area contributed by atoms with Gasteiger partial charge in [0, 0.05) is 23.9 Å². The third-order valence-corrected chi connectivity index (χ3v) is 4.54.